The average Bonchev–Trinajstić information content (AvgIpc) is 2.92. The van der Waals surface area contributed by atoms with Crippen molar-refractivity contribution in [2.75, 3.05) is 30.7 Å². The maximum absolute atomic E-state index is 13.5. The molecule has 39 heavy (non-hydrogen) atoms. The summed E-state index contributed by atoms with van der Waals surface area (Å²) in [5.74, 6) is 1.06. The summed E-state index contributed by atoms with van der Waals surface area (Å²) < 4.78 is 44.8. The number of sulfonamides is 1. The molecule has 0 unspecified atom stereocenters. The van der Waals surface area contributed by atoms with Crippen LogP contribution < -0.4 is 23.9 Å². The van der Waals surface area contributed by atoms with Crippen molar-refractivity contribution in [2.45, 2.75) is 25.7 Å². The molecule has 0 heterocycles. The van der Waals surface area contributed by atoms with Crippen molar-refractivity contribution in [2.24, 2.45) is 5.10 Å². The molecular weight excluding hydrogens is 518 g/mol. The molecule has 0 spiro atoms. The summed E-state index contributed by atoms with van der Waals surface area (Å²) in [5, 5.41) is 4.01. The van der Waals surface area contributed by atoms with E-state index in [4.69, 9.17) is 14.2 Å². The minimum absolute atomic E-state index is 0.0699. The second kappa shape index (κ2) is 14.0. The van der Waals surface area contributed by atoms with Crippen LogP contribution in [-0.2, 0) is 14.8 Å². The number of benzene rings is 3. The molecule has 0 aliphatic heterocycles. The van der Waals surface area contributed by atoms with Gasteiger partial charge in [0.25, 0.3) is 15.9 Å². The van der Waals surface area contributed by atoms with Gasteiger partial charge in [0, 0.05) is 0 Å². The molecule has 0 aliphatic rings. The van der Waals surface area contributed by atoms with E-state index in [0.717, 1.165) is 9.87 Å². The first kappa shape index (κ1) is 29.2. The van der Waals surface area contributed by atoms with Gasteiger partial charge in [-0.3, -0.25) is 9.10 Å². The van der Waals surface area contributed by atoms with Crippen LogP contribution >= 0.6 is 0 Å². The number of hydrazone groups is 1. The lowest BCUT2D eigenvalue weighted by Gasteiger charge is -2.24. The van der Waals surface area contributed by atoms with Gasteiger partial charge in [0.15, 0.2) is 11.5 Å². The van der Waals surface area contributed by atoms with Gasteiger partial charge in [-0.05, 0) is 80.9 Å². The Kier molecular flexibility index (Phi) is 10.5. The molecule has 0 aromatic heterocycles. The molecule has 0 aliphatic carbocycles. The molecule has 0 saturated carbocycles. The number of aryl methyl sites for hydroxylation is 1. The zero-order valence-electron chi connectivity index (χ0n) is 22.3. The minimum atomic E-state index is -4.05. The van der Waals surface area contributed by atoms with Crippen LogP contribution in [0.5, 0.6) is 17.2 Å². The minimum Gasteiger partial charge on any atom is -0.494 e. The molecule has 0 atom stereocenters. The number of rotatable bonds is 14. The number of nitrogens with one attached hydrogen (secondary N) is 1. The van der Waals surface area contributed by atoms with E-state index >= 15 is 0 Å². The van der Waals surface area contributed by atoms with Crippen LogP contribution in [0.3, 0.4) is 0 Å². The predicted molar refractivity (Wildman–Crippen MR) is 152 cm³/mol. The first-order valence-electron chi connectivity index (χ1n) is 12.4. The first-order chi connectivity index (χ1) is 18.8. The summed E-state index contributed by atoms with van der Waals surface area (Å²) >= 11 is 0. The molecule has 0 bridgehead atoms. The largest absolute Gasteiger partial charge is 0.494 e. The third kappa shape index (κ3) is 8.08. The maximum Gasteiger partial charge on any atom is 0.264 e. The Labute approximate surface area is 229 Å². The van der Waals surface area contributed by atoms with E-state index in [2.05, 4.69) is 17.1 Å². The summed E-state index contributed by atoms with van der Waals surface area (Å²) in [6.45, 7) is 9.99. The number of hydrogen-bond acceptors (Lipinski definition) is 7. The number of ether oxygens (including phenoxy) is 3. The fraction of sp³-hybridized carbons (Fsp3) is 0.241. The van der Waals surface area contributed by atoms with Crippen LogP contribution in [0, 0.1) is 6.92 Å². The summed E-state index contributed by atoms with van der Waals surface area (Å²) in [4.78, 5) is 12.9. The van der Waals surface area contributed by atoms with Gasteiger partial charge in [-0.2, -0.15) is 5.10 Å². The molecule has 3 aromatic carbocycles. The summed E-state index contributed by atoms with van der Waals surface area (Å²) in [7, 11) is -4.05. The van der Waals surface area contributed by atoms with Crippen molar-refractivity contribution in [3.8, 4) is 17.2 Å². The van der Waals surface area contributed by atoms with Crippen LogP contribution in [0.25, 0.3) is 0 Å². The summed E-state index contributed by atoms with van der Waals surface area (Å²) in [6, 6.07) is 18.2. The molecule has 9 nitrogen and oxygen atoms in total. The van der Waals surface area contributed by atoms with Crippen LogP contribution in [0.2, 0.25) is 0 Å². The molecule has 1 N–H and O–H groups in total. The van der Waals surface area contributed by atoms with E-state index in [0.29, 0.717) is 48.3 Å². The number of nitrogens with zero attached hydrogens (tertiary/aromatic N) is 2. The lowest BCUT2D eigenvalue weighted by Crippen LogP contribution is -2.39. The van der Waals surface area contributed by atoms with Gasteiger partial charge in [0.05, 0.1) is 30.0 Å². The van der Waals surface area contributed by atoms with E-state index in [9.17, 15) is 13.2 Å². The molecule has 206 valence electrons. The van der Waals surface area contributed by atoms with E-state index in [1.165, 1.54) is 18.3 Å². The van der Waals surface area contributed by atoms with E-state index < -0.39 is 22.5 Å². The number of anilines is 1. The molecule has 0 radical (unpaired) electrons. The van der Waals surface area contributed by atoms with Crippen molar-refractivity contribution in [3.63, 3.8) is 0 Å². The standard InChI is InChI=1S/C29H33N3O6S/c1-5-18-38-27-17-10-23(19-28(27)37-7-3)20-30-31-29(33)21-32(24-11-13-25(14-12-24)36-6-2)39(34,35)26-15-8-22(4)9-16-26/h5,8-17,19-20H,1,6-7,18,21H2,2-4H3,(H,31,33)/b30-20-. The fourth-order valence-corrected chi connectivity index (χ4v) is 4.93. The van der Waals surface area contributed by atoms with Crippen molar-refractivity contribution < 1.29 is 27.4 Å². The van der Waals surface area contributed by atoms with Gasteiger partial charge in [-0.15, -0.1) is 0 Å². The van der Waals surface area contributed by atoms with Crippen molar-refractivity contribution in [3.05, 3.63) is 90.5 Å². The normalized spacial score (nSPS) is 11.2. The van der Waals surface area contributed by atoms with Gasteiger partial charge >= 0.3 is 0 Å². The smallest absolute Gasteiger partial charge is 0.264 e. The quantitative estimate of drug-likeness (QED) is 0.177. The van der Waals surface area contributed by atoms with Crippen molar-refractivity contribution in [1.29, 1.82) is 0 Å². The maximum atomic E-state index is 13.5. The zero-order valence-corrected chi connectivity index (χ0v) is 23.1. The predicted octanol–water partition coefficient (Wildman–Crippen LogP) is 4.70. The highest BCUT2D eigenvalue weighted by Gasteiger charge is 2.27. The number of carbonyl (C=O) groups is 1. The first-order valence-corrected chi connectivity index (χ1v) is 13.9. The van der Waals surface area contributed by atoms with Gasteiger partial charge in [0.1, 0.15) is 18.9 Å². The van der Waals surface area contributed by atoms with E-state index in [-0.39, 0.29) is 4.90 Å². The van der Waals surface area contributed by atoms with Crippen molar-refractivity contribution in [1.82, 2.24) is 5.43 Å². The Morgan fingerprint density at radius 1 is 0.949 bits per heavy atom. The highest BCUT2D eigenvalue weighted by Crippen LogP contribution is 2.28. The molecule has 3 aromatic rings. The monoisotopic (exact) mass is 551 g/mol. The molecule has 0 saturated heterocycles. The van der Waals surface area contributed by atoms with Crippen molar-refractivity contribution >= 4 is 27.8 Å². The second-order valence-electron chi connectivity index (χ2n) is 8.28. The highest BCUT2D eigenvalue weighted by atomic mass is 32.2. The van der Waals surface area contributed by atoms with Gasteiger partial charge < -0.3 is 14.2 Å². The van der Waals surface area contributed by atoms with Crippen LogP contribution in [0.15, 0.2) is 89.4 Å². The lowest BCUT2D eigenvalue weighted by atomic mass is 10.2. The van der Waals surface area contributed by atoms with Crippen LogP contribution in [0.4, 0.5) is 5.69 Å². The Bertz CT molecular complexity index is 1390. The van der Waals surface area contributed by atoms with Gasteiger partial charge in [0.2, 0.25) is 0 Å². The molecule has 10 heteroatoms. The van der Waals surface area contributed by atoms with E-state index in [1.54, 1.807) is 60.7 Å². The number of amides is 1. The molecule has 1 amide bonds. The Morgan fingerprint density at radius 2 is 1.64 bits per heavy atom. The summed E-state index contributed by atoms with van der Waals surface area (Å²) in [5.41, 5.74) is 4.30. The third-order valence-electron chi connectivity index (χ3n) is 5.36. The zero-order chi connectivity index (χ0) is 28.3. The molecule has 0 fully saturated rings. The van der Waals surface area contributed by atoms with Crippen LogP contribution in [0.1, 0.15) is 25.0 Å². The Hall–Kier alpha value is -4.31. The summed E-state index contributed by atoms with van der Waals surface area (Å²) in [6.07, 6.45) is 3.07. The lowest BCUT2D eigenvalue weighted by molar-refractivity contribution is -0.119. The van der Waals surface area contributed by atoms with Gasteiger partial charge in [-0.25, -0.2) is 13.8 Å². The topological polar surface area (TPSA) is 107 Å². The van der Waals surface area contributed by atoms with Gasteiger partial charge in [-0.1, -0.05) is 30.4 Å². The van der Waals surface area contributed by atoms with Crippen LogP contribution in [-0.4, -0.2) is 46.9 Å². The van der Waals surface area contributed by atoms with E-state index in [1.807, 2.05) is 20.8 Å². The average molecular weight is 552 g/mol. The highest BCUT2D eigenvalue weighted by molar-refractivity contribution is 7.92. The Morgan fingerprint density at radius 3 is 2.28 bits per heavy atom. The Balaban J connectivity index is 1.80. The SMILES string of the molecule is C=CCOc1ccc(/C=N\NC(=O)CN(c2ccc(OCC)cc2)S(=O)(=O)c2ccc(C)cc2)cc1OCC. The fourth-order valence-electron chi connectivity index (χ4n) is 3.51. The third-order valence-corrected chi connectivity index (χ3v) is 7.15. The molecular formula is C29H33N3O6S. The molecule has 3 rings (SSSR count). The number of carbonyl (C=O) groups excluding carboxylic acids is 1. The second-order valence-corrected chi connectivity index (χ2v) is 10.1. The number of hydrogen-bond donors (Lipinski definition) is 1.